The van der Waals surface area contributed by atoms with Crippen LogP contribution < -0.4 is 0 Å². The molecule has 3 rings (SSSR count). The Morgan fingerprint density at radius 1 is 1.36 bits per heavy atom. The largest absolute Gasteiger partial charge is 0.337 e. The van der Waals surface area contributed by atoms with Crippen molar-refractivity contribution in [3.8, 4) is 0 Å². The number of hydrogen-bond acceptors (Lipinski definition) is 4. The molecule has 1 atom stereocenters. The number of aromatic amines is 1. The van der Waals surface area contributed by atoms with Crippen molar-refractivity contribution in [1.82, 2.24) is 9.97 Å². The second-order valence-corrected chi connectivity index (χ2v) is 5.99. The fourth-order valence-corrected chi connectivity index (χ4v) is 2.60. The van der Waals surface area contributed by atoms with E-state index in [2.05, 4.69) is 9.97 Å². The summed E-state index contributed by atoms with van der Waals surface area (Å²) >= 11 is 0. The highest BCUT2D eigenvalue weighted by Crippen LogP contribution is 2.19. The zero-order chi connectivity index (χ0) is 18.0. The zero-order valence-electron chi connectivity index (χ0n) is 13.9. The van der Waals surface area contributed by atoms with Crippen molar-refractivity contribution < 1.29 is 9.72 Å². The molecule has 2 aromatic rings. The molecule has 126 valence electrons. The molecule has 0 radical (unpaired) electrons. The molecule has 0 aliphatic heterocycles. The van der Waals surface area contributed by atoms with Gasteiger partial charge in [-0.05, 0) is 29.2 Å². The van der Waals surface area contributed by atoms with E-state index in [9.17, 15) is 14.9 Å². The Hall–Kier alpha value is -3.28. The first-order chi connectivity index (χ1) is 11.9. The molecule has 6 nitrogen and oxygen atoms in total. The number of rotatable bonds is 4. The first-order valence-electron chi connectivity index (χ1n) is 7.86. The molecule has 0 saturated heterocycles. The van der Waals surface area contributed by atoms with Crippen LogP contribution in [0.1, 0.15) is 29.9 Å². The molecule has 0 fully saturated rings. The number of carbonyl (C=O) groups excluding carboxylic acids is 1. The van der Waals surface area contributed by atoms with Gasteiger partial charge < -0.3 is 4.98 Å². The molecule has 6 heteroatoms. The molecular formula is C19H17N3O3. The van der Waals surface area contributed by atoms with Crippen LogP contribution in [-0.2, 0) is 0 Å². The van der Waals surface area contributed by atoms with Crippen molar-refractivity contribution >= 4 is 22.9 Å². The van der Waals surface area contributed by atoms with Crippen LogP contribution in [-0.4, -0.2) is 20.7 Å². The third-order valence-corrected chi connectivity index (χ3v) is 3.89. The number of hydrogen-bond donors (Lipinski definition) is 1. The van der Waals surface area contributed by atoms with Crippen molar-refractivity contribution in [2.45, 2.75) is 13.8 Å². The normalized spacial score (nSPS) is 17.4. The monoisotopic (exact) mass is 335 g/mol. The van der Waals surface area contributed by atoms with Crippen LogP contribution in [0.3, 0.4) is 0 Å². The summed E-state index contributed by atoms with van der Waals surface area (Å²) in [4.78, 5) is 29.3. The summed E-state index contributed by atoms with van der Waals surface area (Å²) in [6, 6.07) is 3.68. The minimum atomic E-state index is -0.396. The quantitative estimate of drug-likeness (QED) is 0.518. The molecule has 1 unspecified atom stereocenters. The number of carbonyl (C=O) groups is 1. The molecule has 1 N–H and O–H groups in total. The van der Waals surface area contributed by atoms with E-state index in [1.165, 1.54) is 13.0 Å². The van der Waals surface area contributed by atoms with Crippen LogP contribution in [0.5, 0.6) is 0 Å². The fourth-order valence-electron chi connectivity index (χ4n) is 2.60. The Balaban J connectivity index is 1.90. The predicted molar refractivity (Wildman–Crippen MR) is 96.6 cm³/mol. The van der Waals surface area contributed by atoms with Gasteiger partial charge in [0.15, 0.2) is 5.78 Å². The van der Waals surface area contributed by atoms with Crippen LogP contribution in [0.2, 0.25) is 0 Å². The number of ketones is 1. The van der Waals surface area contributed by atoms with Gasteiger partial charge >= 0.3 is 0 Å². The van der Waals surface area contributed by atoms with Gasteiger partial charge in [-0.3, -0.25) is 14.9 Å². The second-order valence-electron chi connectivity index (χ2n) is 5.99. The number of nitrogens with zero attached hydrogens (tertiary/aromatic N) is 2. The molecule has 0 aromatic carbocycles. The van der Waals surface area contributed by atoms with Gasteiger partial charge in [0.05, 0.1) is 10.6 Å². The molecule has 1 aliphatic rings. The Morgan fingerprint density at radius 3 is 2.88 bits per heavy atom. The first kappa shape index (κ1) is 16.6. The number of nitro groups is 1. The van der Waals surface area contributed by atoms with Crippen molar-refractivity contribution in [3.05, 3.63) is 81.4 Å². The average molecular weight is 335 g/mol. The maximum atomic E-state index is 11.4. The van der Waals surface area contributed by atoms with Gasteiger partial charge in [-0.25, -0.2) is 4.98 Å². The third kappa shape index (κ3) is 3.80. The summed E-state index contributed by atoms with van der Waals surface area (Å²) < 4.78 is 0. The van der Waals surface area contributed by atoms with Crippen molar-refractivity contribution in [1.29, 1.82) is 0 Å². The van der Waals surface area contributed by atoms with Gasteiger partial charge in [-0.2, -0.15) is 0 Å². The van der Waals surface area contributed by atoms with E-state index in [1.54, 1.807) is 24.4 Å². The topological polar surface area (TPSA) is 88.9 Å². The van der Waals surface area contributed by atoms with E-state index in [0.717, 1.165) is 16.5 Å². The number of nitrogens with one attached hydrogen (secondary N) is 1. The molecular weight excluding hydrogens is 318 g/mol. The Morgan fingerprint density at radius 2 is 2.16 bits per heavy atom. The van der Waals surface area contributed by atoms with Crippen LogP contribution >= 0.6 is 0 Å². The summed E-state index contributed by atoms with van der Waals surface area (Å²) in [5, 5.41) is 11.9. The van der Waals surface area contributed by atoms with Gasteiger partial charge in [0.1, 0.15) is 5.65 Å². The van der Waals surface area contributed by atoms with Crippen LogP contribution in [0.4, 0.5) is 0 Å². The predicted octanol–water partition coefficient (Wildman–Crippen LogP) is 4.07. The fraction of sp³-hybridized carbons (Fsp3) is 0.158. The van der Waals surface area contributed by atoms with E-state index in [0.29, 0.717) is 11.3 Å². The first-order valence-corrected chi connectivity index (χ1v) is 7.86. The van der Waals surface area contributed by atoms with Crippen molar-refractivity contribution in [2.24, 2.45) is 5.92 Å². The number of aromatic nitrogens is 2. The van der Waals surface area contributed by atoms with Gasteiger partial charge in [0.25, 0.3) is 5.70 Å². The van der Waals surface area contributed by atoms with E-state index < -0.39 is 4.92 Å². The number of fused-ring (bicyclic) bond motifs is 1. The minimum Gasteiger partial charge on any atom is -0.337 e. The van der Waals surface area contributed by atoms with Crippen molar-refractivity contribution in [2.75, 3.05) is 0 Å². The number of Topliss-reactive ketones (excluding diaryl/α,β-unsaturated/α-hetero) is 1. The Bertz CT molecular complexity index is 977. The SMILES string of the molecule is CC(=O)c1cc2cc(/C=C/C3=CC(C)C=CC([N+](=O)[O-])=C3)cnc2[nH]1. The second kappa shape index (κ2) is 6.68. The van der Waals surface area contributed by atoms with Gasteiger partial charge in [-0.15, -0.1) is 0 Å². The number of H-pyrrole nitrogens is 1. The average Bonchev–Trinajstić information content (AvgIpc) is 2.89. The van der Waals surface area contributed by atoms with E-state index in [4.69, 9.17) is 0 Å². The number of pyridine rings is 1. The third-order valence-electron chi connectivity index (χ3n) is 3.89. The van der Waals surface area contributed by atoms with E-state index in [-0.39, 0.29) is 17.4 Å². The molecule has 0 saturated carbocycles. The molecule has 2 heterocycles. The standard InChI is InChI=1S/C19H17N3O3/c1-12-3-6-17(22(24)25)9-14(7-12)4-5-15-8-16-10-18(13(2)23)21-19(16)20-11-15/h3-12H,1-2H3,(H,20,21)/b5-4+. The molecule has 25 heavy (non-hydrogen) atoms. The number of allylic oxidation sites excluding steroid dienone is 6. The Labute approximate surface area is 144 Å². The lowest BCUT2D eigenvalue weighted by Gasteiger charge is -1.98. The highest BCUT2D eigenvalue weighted by molar-refractivity contribution is 5.97. The molecule has 0 amide bonds. The van der Waals surface area contributed by atoms with E-state index >= 15 is 0 Å². The van der Waals surface area contributed by atoms with Gasteiger partial charge in [0.2, 0.25) is 0 Å². The zero-order valence-corrected chi connectivity index (χ0v) is 13.9. The minimum absolute atomic E-state index is 0.0439. The molecule has 2 aromatic heterocycles. The van der Waals surface area contributed by atoms with Crippen LogP contribution in [0.15, 0.2) is 60.0 Å². The van der Waals surface area contributed by atoms with Crippen LogP contribution in [0.25, 0.3) is 17.1 Å². The maximum absolute atomic E-state index is 11.4. The van der Waals surface area contributed by atoms with Crippen LogP contribution in [0, 0.1) is 16.0 Å². The Kier molecular flexibility index (Phi) is 4.43. The highest BCUT2D eigenvalue weighted by Gasteiger charge is 2.11. The van der Waals surface area contributed by atoms with Gasteiger partial charge in [-0.1, -0.05) is 31.2 Å². The highest BCUT2D eigenvalue weighted by atomic mass is 16.6. The lowest BCUT2D eigenvalue weighted by molar-refractivity contribution is -0.419. The van der Waals surface area contributed by atoms with E-state index in [1.807, 2.05) is 31.2 Å². The summed E-state index contributed by atoms with van der Waals surface area (Å²) in [6.45, 7) is 3.47. The molecule has 0 spiro atoms. The van der Waals surface area contributed by atoms with Crippen molar-refractivity contribution in [3.63, 3.8) is 0 Å². The summed E-state index contributed by atoms with van der Waals surface area (Å²) in [5.41, 5.74) is 2.86. The smallest absolute Gasteiger partial charge is 0.269 e. The lowest BCUT2D eigenvalue weighted by atomic mass is 10.1. The summed E-state index contributed by atoms with van der Waals surface area (Å²) in [7, 11) is 0. The maximum Gasteiger partial charge on any atom is 0.269 e. The lowest BCUT2D eigenvalue weighted by Crippen LogP contribution is -1.94. The molecule has 0 bridgehead atoms. The summed E-state index contributed by atoms with van der Waals surface area (Å²) in [6.07, 6.45) is 12.2. The van der Waals surface area contributed by atoms with Gasteiger partial charge in [0, 0.05) is 30.7 Å². The molecule has 1 aliphatic carbocycles. The summed E-state index contributed by atoms with van der Waals surface area (Å²) in [5.74, 6) is 0.0643.